The van der Waals surface area contributed by atoms with E-state index in [0.717, 1.165) is 6.07 Å². The number of carbonyl (C=O) groups excluding carboxylic acids is 2. The molecule has 4 rings (SSSR count). The Labute approximate surface area is 205 Å². The number of rotatable bonds is 4. The third-order valence-corrected chi connectivity index (χ3v) is 6.01. The van der Waals surface area contributed by atoms with Crippen LogP contribution >= 0.6 is 23.2 Å². The summed E-state index contributed by atoms with van der Waals surface area (Å²) in [4.78, 5) is 39.3. The maximum absolute atomic E-state index is 14.8. The molecule has 2 atom stereocenters. The van der Waals surface area contributed by atoms with Crippen LogP contribution in [0.25, 0.3) is 5.69 Å². The van der Waals surface area contributed by atoms with Crippen molar-refractivity contribution in [2.45, 2.75) is 19.4 Å². The highest BCUT2D eigenvalue weighted by Gasteiger charge is 2.38. The second kappa shape index (κ2) is 9.87. The van der Waals surface area contributed by atoms with E-state index in [2.05, 4.69) is 10.6 Å². The predicted molar refractivity (Wildman–Crippen MR) is 130 cm³/mol. The van der Waals surface area contributed by atoms with Crippen LogP contribution in [0.2, 0.25) is 10.0 Å². The van der Waals surface area contributed by atoms with Gasteiger partial charge in [-0.25, -0.2) is 9.18 Å². The highest BCUT2D eigenvalue weighted by molar-refractivity contribution is 6.30. The van der Waals surface area contributed by atoms with Crippen LogP contribution in [-0.4, -0.2) is 34.0 Å². The van der Waals surface area contributed by atoms with Gasteiger partial charge in [0.25, 0.3) is 5.56 Å². The lowest BCUT2D eigenvalue weighted by Gasteiger charge is -2.24. The first kappa shape index (κ1) is 23.8. The summed E-state index contributed by atoms with van der Waals surface area (Å²) in [7, 11) is 0. The maximum Gasteiger partial charge on any atom is 0.322 e. The molecule has 10 heteroatoms. The first-order chi connectivity index (χ1) is 16.2. The highest BCUT2D eigenvalue weighted by atomic mass is 35.5. The number of anilines is 2. The standard InChI is InChI=1S/C24H21Cl2FN4O3/c1-14-10-21(31(12-14)24(34)28-17-5-2-15(25)3-6-17)23(33)29-20-8-7-18(11-19(20)27)30-13-16(26)4-9-22(30)32/h2-9,11,13-14,21H,10,12H2,1H3,(H,28,34)(H,29,33)/t14-,21-/m1/s1. The molecule has 1 fully saturated rings. The zero-order valence-corrected chi connectivity index (χ0v) is 19.6. The third-order valence-electron chi connectivity index (χ3n) is 5.53. The summed E-state index contributed by atoms with van der Waals surface area (Å²) in [6.07, 6.45) is 1.82. The molecule has 0 spiro atoms. The molecule has 0 aliphatic carbocycles. The molecule has 1 aliphatic heterocycles. The molecule has 176 valence electrons. The fourth-order valence-electron chi connectivity index (χ4n) is 3.88. The van der Waals surface area contributed by atoms with Crippen molar-refractivity contribution in [3.8, 4) is 5.69 Å². The summed E-state index contributed by atoms with van der Waals surface area (Å²) in [6, 6.07) is 12.2. The van der Waals surface area contributed by atoms with Crippen LogP contribution in [0, 0.1) is 11.7 Å². The van der Waals surface area contributed by atoms with Crippen molar-refractivity contribution in [2.75, 3.05) is 17.2 Å². The minimum atomic E-state index is -0.767. The van der Waals surface area contributed by atoms with Crippen molar-refractivity contribution < 1.29 is 14.0 Å². The van der Waals surface area contributed by atoms with Crippen molar-refractivity contribution in [2.24, 2.45) is 5.92 Å². The number of urea groups is 1. The van der Waals surface area contributed by atoms with Crippen molar-refractivity contribution in [3.63, 3.8) is 0 Å². The number of halogens is 3. The van der Waals surface area contributed by atoms with Gasteiger partial charge in [0.15, 0.2) is 0 Å². The fraction of sp³-hybridized carbons (Fsp3) is 0.208. The molecule has 3 amide bonds. The number of pyridine rings is 1. The van der Waals surface area contributed by atoms with Crippen LogP contribution in [0.3, 0.4) is 0 Å². The molecule has 2 N–H and O–H groups in total. The lowest BCUT2D eigenvalue weighted by molar-refractivity contribution is -0.119. The summed E-state index contributed by atoms with van der Waals surface area (Å²) < 4.78 is 16.0. The van der Waals surface area contributed by atoms with Crippen molar-refractivity contribution in [1.29, 1.82) is 0 Å². The van der Waals surface area contributed by atoms with Gasteiger partial charge in [-0.2, -0.15) is 0 Å². The van der Waals surface area contributed by atoms with Crippen LogP contribution in [0.1, 0.15) is 13.3 Å². The molecule has 2 aromatic carbocycles. The average molecular weight is 503 g/mol. The Balaban J connectivity index is 1.49. The van der Waals surface area contributed by atoms with Gasteiger partial charge in [0.05, 0.1) is 16.4 Å². The summed E-state index contributed by atoms with van der Waals surface area (Å²) in [5.74, 6) is -1.13. The van der Waals surface area contributed by atoms with Gasteiger partial charge in [0, 0.05) is 35.6 Å². The van der Waals surface area contributed by atoms with Crippen LogP contribution in [0.5, 0.6) is 0 Å². The van der Waals surface area contributed by atoms with Gasteiger partial charge in [-0.3, -0.25) is 14.2 Å². The number of hydrogen-bond donors (Lipinski definition) is 2. The Kier molecular flexibility index (Phi) is 6.90. The fourth-order valence-corrected chi connectivity index (χ4v) is 4.17. The molecular formula is C24H21Cl2FN4O3. The third kappa shape index (κ3) is 5.24. The molecule has 1 aromatic heterocycles. The van der Waals surface area contributed by atoms with E-state index >= 15 is 0 Å². The Bertz CT molecular complexity index is 1300. The first-order valence-corrected chi connectivity index (χ1v) is 11.3. The molecule has 2 heterocycles. The summed E-state index contributed by atoms with van der Waals surface area (Å²) >= 11 is 11.8. The summed E-state index contributed by atoms with van der Waals surface area (Å²) in [5.41, 5.74) is 0.386. The topological polar surface area (TPSA) is 83.4 Å². The summed E-state index contributed by atoms with van der Waals surface area (Å²) in [6.45, 7) is 2.32. The molecule has 1 saturated heterocycles. The van der Waals surface area contributed by atoms with E-state index < -0.39 is 23.8 Å². The monoisotopic (exact) mass is 502 g/mol. The van der Waals surface area contributed by atoms with E-state index in [0.29, 0.717) is 28.7 Å². The minimum absolute atomic E-state index is 0.0542. The second-order valence-corrected chi connectivity index (χ2v) is 9.03. The number of likely N-dealkylation sites (tertiary alicyclic amines) is 1. The van der Waals surface area contributed by atoms with Gasteiger partial charge in [-0.1, -0.05) is 30.1 Å². The van der Waals surface area contributed by atoms with Gasteiger partial charge in [0.2, 0.25) is 5.91 Å². The minimum Gasteiger partial charge on any atom is -0.322 e. The Hall–Kier alpha value is -3.36. The molecule has 3 aromatic rings. The van der Waals surface area contributed by atoms with E-state index in [1.807, 2.05) is 6.92 Å². The zero-order valence-electron chi connectivity index (χ0n) is 18.1. The number of hydrogen-bond acceptors (Lipinski definition) is 3. The van der Waals surface area contributed by atoms with Crippen LogP contribution < -0.4 is 16.2 Å². The second-order valence-electron chi connectivity index (χ2n) is 8.16. The van der Waals surface area contributed by atoms with Crippen LogP contribution in [-0.2, 0) is 4.79 Å². The number of aromatic nitrogens is 1. The van der Waals surface area contributed by atoms with Gasteiger partial charge in [-0.05, 0) is 54.8 Å². The van der Waals surface area contributed by atoms with E-state index in [-0.39, 0.29) is 22.9 Å². The van der Waals surface area contributed by atoms with Crippen molar-refractivity contribution in [1.82, 2.24) is 9.47 Å². The Morgan fingerprint density at radius 3 is 2.41 bits per heavy atom. The molecule has 0 bridgehead atoms. The van der Waals surface area contributed by atoms with E-state index in [1.165, 1.54) is 39.9 Å². The SMILES string of the molecule is C[C@@H]1C[C@H](C(=O)Nc2ccc(-n3cc(Cl)ccc3=O)cc2F)N(C(=O)Nc2ccc(Cl)cc2)C1. The van der Waals surface area contributed by atoms with Gasteiger partial charge < -0.3 is 15.5 Å². The summed E-state index contributed by atoms with van der Waals surface area (Å²) in [5, 5.41) is 6.19. The molecule has 7 nitrogen and oxygen atoms in total. The maximum atomic E-state index is 14.8. The highest BCUT2D eigenvalue weighted by Crippen LogP contribution is 2.26. The van der Waals surface area contributed by atoms with E-state index in [4.69, 9.17) is 23.2 Å². The van der Waals surface area contributed by atoms with Gasteiger partial charge >= 0.3 is 6.03 Å². The molecule has 34 heavy (non-hydrogen) atoms. The molecular weight excluding hydrogens is 482 g/mol. The smallest absolute Gasteiger partial charge is 0.322 e. The Morgan fingerprint density at radius 1 is 1.00 bits per heavy atom. The van der Waals surface area contributed by atoms with Crippen LogP contribution in [0.4, 0.5) is 20.6 Å². The number of carbonyl (C=O) groups is 2. The number of amides is 3. The molecule has 1 aliphatic rings. The van der Waals surface area contributed by atoms with Crippen LogP contribution in [0.15, 0.2) is 65.6 Å². The number of nitrogens with zero attached hydrogens (tertiary/aromatic N) is 2. The number of benzene rings is 2. The zero-order chi connectivity index (χ0) is 24.4. The largest absolute Gasteiger partial charge is 0.322 e. The number of nitrogens with one attached hydrogen (secondary N) is 2. The van der Waals surface area contributed by atoms with Crippen molar-refractivity contribution >= 4 is 46.5 Å². The average Bonchev–Trinajstić information content (AvgIpc) is 3.20. The molecule has 0 saturated carbocycles. The quantitative estimate of drug-likeness (QED) is 0.516. The van der Waals surface area contributed by atoms with E-state index in [9.17, 15) is 18.8 Å². The van der Waals surface area contributed by atoms with Crippen molar-refractivity contribution in [3.05, 3.63) is 87.0 Å². The normalized spacial score (nSPS) is 17.5. The molecule has 0 radical (unpaired) electrons. The predicted octanol–water partition coefficient (Wildman–Crippen LogP) is 5.16. The lowest BCUT2D eigenvalue weighted by atomic mass is 10.1. The lowest BCUT2D eigenvalue weighted by Crippen LogP contribution is -2.45. The van der Waals surface area contributed by atoms with Gasteiger partial charge in [-0.15, -0.1) is 0 Å². The molecule has 0 unspecified atom stereocenters. The Morgan fingerprint density at radius 2 is 1.71 bits per heavy atom. The van der Waals surface area contributed by atoms with Gasteiger partial charge in [0.1, 0.15) is 11.9 Å². The van der Waals surface area contributed by atoms with E-state index in [1.54, 1.807) is 24.3 Å². The first-order valence-electron chi connectivity index (χ1n) is 10.5.